The highest BCUT2D eigenvalue weighted by atomic mass is 16.3. The molecule has 0 fully saturated rings. The normalized spacial score (nSPS) is 11.3. The Morgan fingerprint density at radius 1 is 0.480 bits per heavy atom. The summed E-state index contributed by atoms with van der Waals surface area (Å²) in [6, 6.07) is 60.2. The number of fused-ring (bicyclic) bond motifs is 1. The second-order valence-corrected chi connectivity index (χ2v) is 13.1. The molecule has 1 aromatic heterocycles. The summed E-state index contributed by atoms with van der Waals surface area (Å²) >= 11 is 0. The lowest BCUT2D eigenvalue weighted by Crippen LogP contribution is -2.09. The van der Waals surface area contributed by atoms with Crippen LogP contribution in [0.5, 0.6) is 0 Å². The molecule has 0 saturated carbocycles. The van der Waals surface area contributed by atoms with Crippen molar-refractivity contribution in [1.29, 1.82) is 0 Å². The largest absolute Gasteiger partial charge is 0.436 e. The number of nitrogens with zero attached hydrogens (tertiary/aromatic N) is 2. The lowest BCUT2D eigenvalue weighted by Gasteiger charge is -2.25. The van der Waals surface area contributed by atoms with Crippen LogP contribution in [0.25, 0.3) is 55.9 Å². The molecule has 8 aromatic rings. The van der Waals surface area contributed by atoms with Gasteiger partial charge >= 0.3 is 0 Å². The van der Waals surface area contributed by atoms with Crippen molar-refractivity contribution in [2.75, 3.05) is 4.90 Å². The first-order valence-electron chi connectivity index (χ1n) is 17.2. The van der Waals surface area contributed by atoms with Gasteiger partial charge in [0.25, 0.3) is 0 Å². The highest BCUT2D eigenvalue weighted by Crippen LogP contribution is 2.41. The zero-order chi connectivity index (χ0) is 34.0. The Hall–Kier alpha value is -6.19. The number of para-hydroxylation sites is 2. The SMILES string of the molecule is Cc1cc(C(C)C)c2oc(-c3ccc(-c4ccccc4-c4ccccc4-c4ccc(N(c5ccccc5)c5ccccc5)cc4)cc3)nc2c1. The van der Waals surface area contributed by atoms with E-state index in [4.69, 9.17) is 9.40 Å². The molecule has 0 aliphatic rings. The summed E-state index contributed by atoms with van der Waals surface area (Å²) in [7, 11) is 0. The van der Waals surface area contributed by atoms with Gasteiger partial charge in [-0.05, 0) is 112 Å². The van der Waals surface area contributed by atoms with Crippen molar-refractivity contribution in [3.05, 3.63) is 181 Å². The van der Waals surface area contributed by atoms with Crippen molar-refractivity contribution >= 4 is 28.2 Å². The molecule has 242 valence electrons. The number of hydrogen-bond donors (Lipinski definition) is 0. The first-order chi connectivity index (χ1) is 24.5. The van der Waals surface area contributed by atoms with Crippen LogP contribution in [-0.2, 0) is 0 Å². The maximum atomic E-state index is 6.36. The molecule has 0 saturated heterocycles. The van der Waals surface area contributed by atoms with Crippen molar-refractivity contribution in [3.63, 3.8) is 0 Å². The topological polar surface area (TPSA) is 29.3 Å². The van der Waals surface area contributed by atoms with Crippen LogP contribution in [0.15, 0.2) is 174 Å². The molecule has 0 aliphatic heterocycles. The number of hydrogen-bond acceptors (Lipinski definition) is 3. The molecule has 3 nitrogen and oxygen atoms in total. The maximum Gasteiger partial charge on any atom is 0.227 e. The summed E-state index contributed by atoms with van der Waals surface area (Å²) in [5.74, 6) is 1.01. The predicted octanol–water partition coefficient (Wildman–Crippen LogP) is 13.4. The van der Waals surface area contributed by atoms with Crippen molar-refractivity contribution in [3.8, 4) is 44.8 Å². The molecule has 0 spiro atoms. The molecule has 0 unspecified atom stereocenters. The highest BCUT2D eigenvalue weighted by molar-refractivity contribution is 5.92. The molecule has 8 rings (SSSR count). The average molecular weight is 647 g/mol. The van der Waals surface area contributed by atoms with Gasteiger partial charge in [-0.25, -0.2) is 4.98 Å². The minimum absolute atomic E-state index is 0.358. The third-order valence-electron chi connectivity index (χ3n) is 9.34. The molecule has 0 N–H and O–H groups in total. The van der Waals surface area contributed by atoms with Gasteiger partial charge in [-0.2, -0.15) is 0 Å². The molecule has 0 aliphatic carbocycles. The van der Waals surface area contributed by atoms with Gasteiger partial charge in [-0.1, -0.05) is 129 Å². The van der Waals surface area contributed by atoms with Crippen LogP contribution < -0.4 is 4.90 Å². The van der Waals surface area contributed by atoms with Crippen LogP contribution in [0.4, 0.5) is 17.1 Å². The Balaban J connectivity index is 1.13. The van der Waals surface area contributed by atoms with Gasteiger partial charge in [0.2, 0.25) is 5.89 Å². The Labute approximate surface area is 294 Å². The smallest absolute Gasteiger partial charge is 0.227 e. The van der Waals surface area contributed by atoms with E-state index < -0.39 is 0 Å². The maximum absolute atomic E-state index is 6.36. The van der Waals surface area contributed by atoms with E-state index in [2.05, 4.69) is 196 Å². The van der Waals surface area contributed by atoms with Gasteiger partial charge in [0.15, 0.2) is 5.58 Å². The van der Waals surface area contributed by atoms with E-state index in [1.54, 1.807) is 0 Å². The van der Waals surface area contributed by atoms with Crippen LogP contribution in [-0.4, -0.2) is 4.98 Å². The number of oxazole rings is 1. The van der Waals surface area contributed by atoms with E-state index in [0.29, 0.717) is 11.8 Å². The fourth-order valence-electron chi connectivity index (χ4n) is 6.88. The minimum atomic E-state index is 0.358. The summed E-state index contributed by atoms with van der Waals surface area (Å²) in [5.41, 5.74) is 15.6. The summed E-state index contributed by atoms with van der Waals surface area (Å²) in [6.45, 7) is 6.51. The zero-order valence-electron chi connectivity index (χ0n) is 28.5. The van der Waals surface area contributed by atoms with Crippen molar-refractivity contribution in [2.45, 2.75) is 26.7 Å². The molecular weight excluding hydrogens is 609 g/mol. The van der Waals surface area contributed by atoms with E-state index in [1.165, 1.54) is 38.9 Å². The zero-order valence-corrected chi connectivity index (χ0v) is 28.5. The molecule has 7 aromatic carbocycles. The summed E-state index contributed by atoms with van der Waals surface area (Å²) in [5, 5.41) is 0. The molecule has 0 atom stereocenters. The summed E-state index contributed by atoms with van der Waals surface area (Å²) in [6.07, 6.45) is 0. The second kappa shape index (κ2) is 13.4. The van der Waals surface area contributed by atoms with Gasteiger partial charge in [0.05, 0.1) is 0 Å². The second-order valence-electron chi connectivity index (χ2n) is 13.1. The molecule has 0 amide bonds. The fraction of sp³-hybridized carbons (Fsp3) is 0.0851. The van der Waals surface area contributed by atoms with Gasteiger partial charge in [0.1, 0.15) is 5.52 Å². The van der Waals surface area contributed by atoms with Crippen LogP contribution >= 0.6 is 0 Å². The van der Waals surface area contributed by atoms with Crippen LogP contribution in [0.3, 0.4) is 0 Å². The van der Waals surface area contributed by atoms with Crippen LogP contribution in [0, 0.1) is 6.92 Å². The minimum Gasteiger partial charge on any atom is -0.436 e. The number of aromatic nitrogens is 1. The summed E-state index contributed by atoms with van der Waals surface area (Å²) < 4.78 is 6.36. The Morgan fingerprint density at radius 2 is 0.920 bits per heavy atom. The molecule has 0 radical (unpaired) electrons. The Bertz CT molecular complexity index is 2350. The third kappa shape index (κ3) is 5.99. The predicted molar refractivity (Wildman–Crippen MR) is 209 cm³/mol. The summed E-state index contributed by atoms with van der Waals surface area (Å²) in [4.78, 5) is 7.17. The lowest BCUT2D eigenvalue weighted by molar-refractivity contribution is 0.611. The van der Waals surface area contributed by atoms with E-state index in [-0.39, 0.29) is 0 Å². The highest BCUT2D eigenvalue weighted by Gasteiger charge is 2.17. The van der Waals surface area contributed by atoms with E-state index in [0.717, 1.165) is 39.3 Å². The number of benzene rings is 7. The molecule has 3 heteroatoms. The van der Waals surface area contributed by atoms with E-state index in [9.17, 15) is 0 Å². The standard InChI is InChI=1S/C47H38N2O/c1-32(2)44-30-33(3)31-45-46(44)50-47(48-45)36-24-22-34(23-25-36)40-18-10-12-20-42(40)43-21-13-11-19-41(43)35-26-28-39(29-27-35)49(37-14-6-4-7-15-37)38-16-8-5-9-17-38/h4-32H,1-3H3. The van der Waals surface area contributed by atoms with Gasteiger partial charge in [0, 0.05) is 22.6 Å². The molecule has 1 heterocycles. The molecule has 0 bridgehead atoms. The fourth-order valence-corrected chi connectivity index (χ4v) is 6.88. The van der Waals surface area contributed by atoms with E-state index >= 15 is 0 Å². The Kier molecular flexibility index (Phi) is 8.32. The molecule has 50 heavy (non-hydrogen) atoms. The number of rotatable bonds is 8. The van der Waals surface area contributed by atoms with Gasteiger partial charge in [-0.15, -0.1) is 0 Å². The molecular formula is C47H38N2O. The van der Waals surface area contributed by atoms with Crippen LogP contribution in [0.2, 0.25) is 0 Å². The average Bonchev–Trinajstić information content (AvgIpc) is 3.60. The van der Waals surface area contributed by atoms with Crippen LogP contribution in [0.1, 0.15) is 30.9 Å². The van der Waals surface area contributed by atoms with Crippen molar-refractivity contribution in [1.82, 2.24) is 4.98 Å². The van der Waals surface area contributed by atoms with Crippen molar-refractivity contribution in [2.24, 2.45) is 0 Å². The van der Waals surface area contributed by atoms with Gasteiger partial charge < -0.3 is 9.32 Å². The van der Waals surface area contributed by atoms with E-state index in [1.807, 2.05) is 0 Å². The number of anilines is 3. The van der Waals surface area contributed by atoms with Gasteiger partial charge in [-0.3, -0.25) is 0 Å². The Morgan fingerprint density at radius 3 is 1.44 bits per heavy atom. The van der Waals surface area contributed by atoms with Crippen molar-refractivity contribution < 1.29 is 4.42 Å². The lowest BCUT2D eigenvalue weighted by atomic mass is 9.89. The quantitative estimate of drug-likeness (QED) is 0.164. The first kappa shape index (κ1) is 31.1. The first-order valence-corrected chi connectivity index (χ1v) is 17.2. The third-order valence-corrected chi connectivity index (χ3v) is 9.34. The monoisotopic (exact) mass is 646 g/mol. The number of aryl methyl sites for hydroxylation is 1.